The van der Waals surface area contributed by atoms with Crippen LogP contribution in [0.3, 0.4) is 0 Å². The van der Waals surface area contributed by atoms with Crippen molar-refractivity contribution in [2.75, 3.05) is 0 Å². The average Bonchev–Trinajstić information content (AvgIpc) is 1.63. The van der Waals surface area contributed by atoms with Crippen LogP contribution in [0.5, 0.6) is 0 Å². The quantitative estimate of drug-likeness (QED) is 0.487. The van der Waals surface area contributed by atoms with Crippen LogP contribution in [0.1, 0.15) is 20.3 Å². The molecule has 54 valence electrons. The summed E-state index contributed by atoms with van der Waals surface area (Å²) in [6.45, 7) is 7.21. The van der Waals surface area contributed by atoms with Gasteiger partial charge in [-0.1, -0.05) is 5.57 Å². The summed E-state index contributed by atoms with van der Waals surface area (Å²) in [4.78, 5) is 0. The predicted octanol–water partition coefficient (Wildman–Crippen LogP) is 1.56. The number of rotatable bonds is 3. The van der Waals surface area contributed by atoms with Crippen molar-refractivity contribution < 1.29 is 8.76 Å². The molecule has 0 saturated carbocycles. The molecule has 3 heteroatoms. The SMILES string of the molecule is C=C(C)CC(C)S(=O)O. The molecule has 0 fully saturated rings. The molecule has 0 aromatic rings. The summed E-state index contributed by atoms with van der Waals surface area (Å²) >= 11 is -1.69. The average molecular weight is 148 g/mol. The molecule has 0 aromatic carbocycles. The van der Waals surface area contributed by atoms with E-state index in [0.29, 0.717) is 6.42 Å². The van der Waals surface area contributed by atoms with E-state index in [-0.39, 0.29) is 5.25 Å². The van der Waals surface area contributed by atoms with Crippen molar-refractivity contribution in [3.8, 4) is 0 Å². The molecule has 0 aliphatic carbocycles. The Hall–Kier alpha value is -0.150. The van der Waals surface area contributed by atoms with Gasteiger partial charge < -0.3 is 4.55 Å². The van der Waals surface area contributed by atoms with E-state index in [9.17, 15) is 4.21 Å². The lowest BCUT2D eigenvalue weighted by atomic mass is 10.2. The molecule has 2 nitrogen and oxygen atoms in total. The van der Waals surface area contributed by atoms with Crippen LogP contribution >= 0.6 is 0 Å². The van der Waals surface area contributed by atoms with Gasteiger partial charge >= 0.3 is 0 Å². The van der Waals surface area contributed by atoms with Gasteiger partial charge in [-0.25, -0.2) is 4.21 Å². The monoisotopic (exact) mass is 148 g/mol. The summed E-state index contributed by atoms with van der Waals surface area (Å²) in [6.07, 6.45) is 0.628. The minimum absolute atomic E-state index is 0.178. The molecule has 0 spiro atoms. The van der Waals surface area contributed by atoms with Crippen molar-refractivity contribution in [1.82, 2.24) is 0 Å². The topological polar surface area (TPSA) is 37.3 Å². The summed E-state index contributed by atoms with van der Waals surface area (Å²) in [6, 6.07) is 0. The fourth-order valence-electron chi connectivity index (χ4n) is 0.562. The zero-order chi connectivity index (χ0) is 7.44. The molecular weight excluding hydrogens is 136 g/mol. The highest BCUT2D eigenvalue weighted by atomic mass is 32.2. The van der Waals surface area contributed by atoms with E-state index in [2.05, 4.69) is 6.58 Å². The second-order valence-corrected chi connectivity index (χ2v) is 3.61. The number of allylic oxidation sites excluding steroid dienone is 1. The van der Waals surface area contributed by atoms with Crippen LogP contribution in [0, 0.1) is 0 Å². The summed E-state index contributed by atoms with van der Waals surface area (Å²) in [7, 11) is 0. The van der Waals surface area contributed by atoms with E-state index in [1.165, 1.54) is 0 Å². The molecule has 0 rings (SSSR count). The first-order chi connectivity index (χ1) is 4.04. The molecule has 0 heterocycles. The van der Waals surface area contributed by atoms with E-state index in [0.717, 1.165) is 5.57 Å². The van der Waals surface area contributed by atoms with Crippen LogP contribution in [0.4, 0.5) is 0 Å². The predicted molar refractivity (Wildman–Crippen MR) is 39.7 cm³/mol. The first-order valence-corrected chi connectivity index (χ1v) is 3.95. The Bertz CT molecular complexity index is 131. The minimum atomic E-state index is -1.69. The molecule has 0 aromatic heterocycles. The van der Waals surface area contributed by atoms with E-state index >= 15 is 0 Å². The summed E-state index contributed by atoms with van der Waals surface area (Å²) < 4.78 is 18.8. The van der Waals surface area contributed by atoms with Gasteiger partial charge in [0.25, 0.3) is 0 Å². The lowest BCUT2D eigenvalue weighted by molar-refractivity contribution is 0.550. The van der Waals surface area contributed by atoms with Gasteiger partial charge in [0.05, 0.1) is 5.25 Å². The van der Waals surface area contributed by atoms with Crippen LogP contribution in [0.2, 0.25) is 0 Å². The Morgan fingerprint density at radius 2 is 2.33 bits per heavy atom. The Kier molecular flexibility index (Phi) is 3.73. The van der Waals surface area contributed by atoms with Crippen molar-refractivity contribution >= 4 is 11.1 Å². The van der Waals surface area contributed by atoms with Crippen molar-refractivity contribution in [3.63, 3.8) is 0 Å². The zero-order valence-electron chi connectivity index (χ0n) is 5.76. The maximum atomic E-state index is 10.3. The fourth-order valence-corrected chi connectivity index (χ4v) is 0.989. The molecular formula is C6H12O2S. The van der Waals surface area contributed by atoms with Gasteiger partial charge in [0.15, 0.2) is 11.1 Å². The van der Waals surface area contributed by atoms with Gasteiger partial charge in [-0.15, -0.1) is 6.58 Å². The zero-order valence-corrected chi connectivity index (χ0v) is 6.57. The molecule has 9 heavy (non-hydrogen) atoms. The normalized spacial score (nSPS) is 16.8. The number of hydrogen-bond acceptors (Lipinski definition) is 1. The third-order valence-corrected chi connectivity index (χ3v) is 1.84. The van der Waals surface area contributed by atoms with Crippen molar-refractivity contribution in [2.24, 2.45) is 0 Å². The second-order valence-electron chi connectivity index (χ2n) is 2.25. The Morgan fingerprint density at radius 1 is 1.89 bits per heavy atom. The standard InChI is InChI=1S/C6H12O2S/c1-5(2)4-6(3)9(7)8/h6H,1,4H2,2-3H3,(H,7,8). The molecule has 0 radical (unpaired) electrons. The molecule has 1 N–H and O–H groups in total. The maximum Gasteiger partial charge on any atom is 0.156 e. The number of hydrogen-bond donors (Lipinski definition) is 1. The highest BCUT2D eigenvalue weighted by Gasteiger charge is 2.06. The van der Waals surface area contributed by atoms with Gasteiger partial charge in [-0.3, -0.25) is 0 Å². The third kappa shape index (κ3) is 4.36. The highest BCUT2D eigenvalue weighted by Crippen LogP contribution is 2.05. The van der Waals surface area contributed by atoms with Crippen LogP contribution in [0.15, 0.2) is 12.2 Å². The first kappa shape index (κ1) is 8.85. The van der Waals surface area contributed by atoms with E-state index in [1.807, 2.05) is 6.92 Å². The van der Waals surface area contributed by atoms with Gasteiger partial charge in [0.1, 0.15) is 0 Å². The second kappa shape index (κ2) is 3.80. The Balaban J connectivity index is 3.63. The molecule has 0 saturated heterocycles. The van der Waals surface area contributed by atoms with E-state index < -0.39 is 11.1 Å². The van der Waals surface area contributed by atoms with Crippen LogP contribution in [0.25, 0.3) is 0 Å². The lowest BCUT2D eigenvalue weighted by Gasteiger charge is -2.03. The van der Waals surface area contributed by atoms with Crippen molar-refractivity contribution in [2.45, 2.75) is 25.5 Å². The minimum Gasteiger partial charge on any atom is -0.306 e. The van der Waals surface area contributed by atoms with Crippen molar-refractivity contribution in [3.05, 3.63) is 12.2 Å². The summed E-state index contributed by atoms with van der Waals surface area (Å²) in [5.41, 5.74) is 0.949. The summed E-state index contributed by atoms with van der Waals surface area (Å²) in [5, 5.41) is -0.178. The Labute approximate surface area is 58.3 Å². The highest BCUT2D eigenvalue weighted by molar-refractivity contribution is 7.79. The van der Waals surface area contributed by atoms with E-state index in [1.54, 1.807) is 6.92 Å². The molecule has 0 bridgehead atoms. The molecule has 0 aliphatic rings. The lowest BCUT2D eigenvalue weighted by Crippen LogP contribution is -2.09. The van der Waals surface area contributed by atoms with Gasteiger partial charge in [0, 0.05) is 0 Å². The maximum absolute atomic E-state index is 10.3. The fraction of sp³-hybridized carbons (Fsp3) is 0.667. The van der Waals surface area contributed by atoms with E-state index in [4.69, 9.17) is 4.55 Å². The molecule has 2 atom stereocenters. The molecule has 0 aliphatic heterocycles. The van der Waals surface area contributed by atoms with Crippen molar-refractivity contribution in [1.29, 1.82) is 0 Å². The molecule has 0 amide bonds. The third-order valence-electron chi connectivity index (χ3n) is 0.980. The van der Waals surface area contributed by atoms with Gasteiger partial charge in [-0.05, 0) is 20.3 Å². The molecule has 2 unspecified atom stereocenters. The van der Waals surface area contributed by atoms with Crippen LogP contribution in [-0.2, 0) is 11.1 Å². The largest absolute Gasteiger partial charge is 0.306 e. The summed E-state index contributed by atoms with van der Waals surface area (Å²) in [5.74, 6) is 0. The smallest absolute Gasteiger partial charge is 0.156 e. The van der Waals surface area contributed by atoms with Gasteiger partial charge in [0.2, 0.25) is 0 Å². The first-order valence-electron chi connectivity index (χ1n) is 2.78. The van der Waals surface area contributed by atoms with Crippen LogP contribution < -0.4 is 0 Å². The Morgan fingerprint density at radius 3 is 2.44 bits per heavy atom. The van der Waals surface area contributed by atoms with Gasteiger partial charge in [-0.2, -0.15) is 0 Å². The van der Waals surface area contributed by atoms with Crippen LogP contribution in [-0.4, -0.2) is 14.0 Å².